The fourth-order valence-electron chi connectivity index (χ4n) is 2.22. The SMILES string of the molecule is CC1CCN(S(=O)(=O)c2ccc(C#N)cc2N)CC1. The van der Waals surface area contributed by atoms with Crippen LogP contribution in [-0.4, -0.2) is 25.8 Å². The first-order chi connectivity index (χ1) is 8.95. The van der Waals surface area contributed by atoms with Crippen LogP contribution >= 0.6 is 0 Å². The number of nitrogen functional groups attached to an aromatic ring is 1. The van der Waals surface area contributed by atoms with E-state index in [1.54, 1.807) is 0 Å². The van der Waals surface area contributed by atoms with Gasteiger partial charge in [0, 0.05) is 13.1 Å². The lowest BCUT2D eigenvalue weighted by atomic mass is 10.0. The molecule has 0 aromatic heterocycles. The second kappa shape index (κ2) is 5.19. The summed E-state index contributed by atoms with van der Waals surface area (Å²) in [4.78, 5) is 0.0982. The lowest BCUT2D eigenvalue weighted by Gasteiger charge is -2.29. The molecular formula is C13H17N3O2S. The summed E-state index contributed by atoms with van der Waals surface area (Å²) in [6.07, 6.45) is 1.74. The van der Waals surface area contributed by atoms with Crippen molar-refractivity contribution in [3.8, 4) is 6.07 Å². The van der Waals surface area contributed by atoms with Gasteiger partial charge in [0.15, 0.2) is 0 Å². The first kappa shape index (κ1) is 13.8. The van der Waals surface area contributed by atoms with Crippen LogP contribution in [0.5, 0.6) is 0 Å². The maximum atomic E-state index is 12.5. The number of rotatable bonds is 2. The molecule has 102 valence electrons. The van der Waals surface area contributed by atoms with Crippen molar-refractivity contribution in [1.29, 1.82) is 5.26 Å². The van der Waals surface area contributed by atoms with Crippen LogP contribution in [-0.2, 0) is 10.0 Å². The average molecular weight is 279 g/mol. The summed E-state index contributed by atoms with van der Waals surface area (Å²) in [5.74, 6) is 0.560. The minimum absolute atomic E-state index is 0.0982. The molecule has 5 nitrogen and oxygen atoms in total. The van der Waals surface area contributed by atoms with Crippen molar-refractivity contribution in [1.82, 2.24) is 4.31 Å². The van der Waals surface area contributed by atoms with E-state index < -0.39 is 10.0 Å². The van der Waals surface area contributed by atoms with Gasteiger partial charge < -0.3 is 5.73 Å². The van der Waals surface area contributed by atoms with Crippen molar-refractivity contribution in [3.63, 3.8) is 0 Å². The van der Waals surface area contributed by atoms with Crippen LogP contribution < -0.4 is 5.73 Å². The third-order valence-electron chi connectivity index (χ3n) is 3.50. The molecule has 1 saturated heterocycles. The Morgan fingerprint density at radius 2 is 2.00 bits per heavy atom. The molecule has 1 fully saturated rings. The zero-order valence-corrected chi connectivity index (χ0v) is 11.7. The highest BCUT2D eigenvalue weighted by molar-refractivity contribution is 7.89. The highest BCUT2D eigenvalue weighted by atomic mass is 32.2. The maximum Gasteiger partial charge on any atom is 0.245 e. The second-order valence-electron chi connectivity index (χ2n) is 4.95. The molecule has 1 aliphatic rings. The summed E-state index contributed by atoms with van der Waals surface area (Å²) in [5.41, 5.74) is 6.26. The molecule has 0 unspecified atom stereocenters. The van der Waals surface area contributed by atoms with E-state index in [1.165, 1.54) is 22.5 Å². The van der Waals surface area contributed by atoms with Crippen molar-refractivity contribution in [2.75, 3.05) is 18.8 Å². The summed E-state index contributed by atoms with van der Waals surface area (Å²) < 4.78 is 26.4. The summed E-state index contributed by atoms with van der Waals surface area (Å²) in [7, 11) is -3.54. The minimum Gasteiger partial charge on any atom is -0.398 e. The normalized spacial score (nSPS) is 18.1. The van der Waals surface area contributed by atoms with E-state index in [1.807, 2.05) is 6.07 Å². The Morgan fingerprint density at radius 1 is 1.37 bits per heavy atom. The number of hydrogen-bond acceptors (Lipinski definition) is 4. The Balaban J connectivity index is 2.32. The summed E-state index contributed by atoms with van der Waals surface area (Å²) >= 11 is 0. The van der Waals surface area contributed by atoms with E-state index in [0.717, 1.165) is 12.8 Å². The molecule has 1 aromatic carbocycles. The summed E-state index contributed by atoms with van der Waals surface area (Å²) in [6, 6.07) is 6.25. The lowest BCUT2D eigenvalue weighted by molar-refractivity contribution is 0.288. The average Bonchev–Trinajstić information content (AvgIpc) is 2.38. The van der Waals surface area contributed by atoms with Gasteiger partial charge in [-0.2, -0.15) is 9.57 Å². The number of sulfonamides is 1. The van der Waals surface area contributed by atoms with Crippen molar-refractivity contribution in [2.24, 2.45) is 5.92 Å². The third-order valence-corrected chi connectivity index (χ3v) is 5.47. The molecule has 0 saturated carbocycles. The number of nitriles is 1. The predicted octanol–water partition coefficient (Wildman–Crippen LogP) is 1.56. The van der Waals surface area contributed by atoms with E-state index in [2.05, 4.69) is 6.92 Å². The van der Waals surface area contributed by atoms with Gasteiger partial charge in [0.25, 0.3) is 0 Å². The van der Waals surface area contributed by atoms with Gasteiger partial charge in [-0.05, 0) is 37.0 Å². The molecule has 0 bridgehead atoms. The molecule has 1 aromatic rings. The third kappa shape index (κ3) is 2.72. The molecule has 0 radical (unpaired) electrons. The summed E-state index contributed by atoms with van der Waals surface area (Å²) in [5, 5.41) is 8.77. The van der Waals surface area contributed by atoms with Gasteiger partial charge in [0.2, 0.25) is 10.0 Å². The van der Waals surface area contributed by atoms with E-state index in [4.69, 9.17) is 11.0 Å². The number of anilines is 1. The van der Waals surface area contributed by atoms with Crippen LogP contribution in [0.25, 0.3) is 0 Å². The van der Waals surface area contributed by atoms with E-state index >= 15 is 0 Å². The molecule has 0 spiro atoms. The number of nitrogens with two attached hydrogens (primary N) is 1. The minimum atomic E-state index is -3.54. The Bertz CT molecular complexity index is 611. The lowest BCUT2D eigenvalue weighted by Crippen LogP contribution is -2.38. The Kier molecular flexibility index (Phi) is 3.78. The van der Waals surface area contributed by atoms with Crippen LogP contribution in [0.2, 0.25) is 0 Å². The molecule has 0 amide bonds. The number of hydrogen-bond donors (Lipinski definition) is 1. The van der Waals surface area contributed by atoms with E-state index in [9.17, 15) is 8.42 Å². The van der Waals surface area contributed by atoms with Crippen molar-refractivity contribution in [2.45, 2.75) is 24.7 Å². The summed E-state index contributed by atoms with van der Waals surface area (Å²) in [6.45, 7) is 3.19. The number of piperidine rings is 1. The quantitative estimate of drug-likeness (QED) is 0.832. The van der Waals surface area contributed by atoms with Gasteiger partial charge in [-0.3, -0.25) is 0 Å². The van der Waals surface area contributed by atoms with E-state index in [0.29, 0.717) is 24.6 Å². The first-order valence-electron chi connectivity index (χ1n) is 6.25. The van der Waals surface area contributed by atoms with Crippen molar-refractivity contribution >= 4 is 15.7 Å². The fourth-order valence-corrected chi connectivity index (χ4v) is 3.78. The zero-order chi connectivity index (χ0) is 14.0. The Labute approximate surface area is 113 Å². The molecule has 6 heteroatoms. The monoisotopic (exact) mass is 279 g/mol. The van der Waals surface area contributed by atoms with Crippen LogP contribution in [0.1, 0.15) is 25.3 Å². The Hall–Kier alpha value is -1.58. The fraction of sp³-hybridized carbons (Fsp3) is 0.462. The van der Waals surface area contributed by atoms with Crippen molar-refractivity contribution in [3.05, 3.63) is 23.8 Å². The number of nitrogens with zero attached hydrogens (tertiary/aromatic N) is 2. The van der Waals surface area contributed by atoms with E-state index in [-0.39, 0.29) is 10.6 Å². The Morgan fingerprint density at radius 3 is 2.53 bits per heavy atom. The molecule has 1 heterocycles. The number of benzene rings is 1. The predicted molar refractivity (Wildman–Crippen MR) is 72.7 cm³/mol. The zero-order valence-electron chi connectivity index (χ0n) is 10.8. The van der Waals surface area contributed by atoms with Gasteiger partial charge in [-0.25, -0.2) is 8.42 Å². The van der Waals surface area contributed by atoms with Crippen LogP contribution in [0, 0.1) is 17.2 Å². The van der Waals surface area contributed by atoms with Gasteiger partial charge in [0.1, 0.15) is 4.90 Å². The largest absolute Gasteiger partial charge is 0.398 e. The maximum absolute atomic E-state index is 12.5. The molecule has 1 aliphatic heterocycles. The highest BCUT2D eigenvalue weighted by Crippen LogP contribution is 2.27. The van der Waals surface area contributed by atoms with Crippen molar-refractivity contribution < 1.29 is 8.42 Å². The van der Waals surface area contributed by atoms with Gasteiger partial charge in [0.05, 0.1) is 17.3 Å². The van der Waals surface area contributed by atoms with Crippen LogP contribution in [0.4, 0.5) is 5.69 Å². The first-order valence-corrected chi connectivity index (χ1v) is 7.69. The van der Waals surface area contributed by atoms with Crippen LogP contribution in [0.3, 0.4) is 0 Å². The molecule has 19 heavy (non-hydrogen) atoms. The van der Waals surface area contributed by atoms with Gasteiger partial charge in [-0.1, -0.05) is 6.92 Å². The smallest absolute Gasteiger partial charge is 0.245 e. The standard InChI is InChI=1S/C13H17N3O2S/c1-10-4-6-16(7-5-10)19(17,18)13-3-2-11(9-14)8-12(13)15/h2-3,8,10H,4-7,15H2,1H3. The molecule has 2 rings (SSSR count). The van der Waals surface area contributed by atoms with Crippen LogP contribution in [0.15, 0.2) is 23.1 Å². The molecule has 0 atom stereocenters. The molecular weight excluding hydrogens is 262 g/mol. The molecule has 2 N–H and O–H groups in total. The second-order valence-corrected chi connectivity index (χ2v) is 6.86. The highest BCUT2D eigenvalue weighted by Gasteiger charge is 2.29. The molecule has 0 aliphatic carbocycles. The topological polar surface area (TPSA) is 87.2 Å². The van der Waals surface area contributed by atoms with Gasteiger partial charge >= 0.3 is 0 Å². The van der Waals surface area contributed by atoms with Gasteiger partial charge in [-0.15, -0.1) is 0 Å².